The number of hydrogen-bond acceptors (Lipinski definition) is 3. The van der Waals surface area contributed by atoms with E-state index in [1.165, 1.54) is 17.2 Å². The molecule has 4 heteroatoms. The van der Waals surface area contributed by atoms with Crippen molar-refractivity contribution in [1.82, 2.24) is 10.4 Å². The van der Waals surface area contributed by atoms with Crippen molar-refractivity contribution >= 4 is 0 Å². The lowest BCUT2D eigenvalue weighted by atomic mass is 9.99. The Hall–Kier alpha value is -1.78. The van der Waals surface area contributed by atoms with Crippen LogP contribution in [0.2, 0.25) is 0 Å². The Morgan fingerprint density at radius 3 is 2.53 bits per heavy atom. The minimum absolute atomic E-state index is 0.331. The summed E-state index contributed by atoms with van der Waals surface area (Å²) in [4.78, 5) is 4.07. The zero-order valence-electron chi connectivity index (χ0n) is 11.2. The first-order chi connectivity index (χ1) is 9.10. The van der Waals surface area contributed by atoms with Crippen molar-refractivity contribution in [3.8, 4) is 0 Å². The molecule has 0 fully saturated rings. The van der Waals surface area contributed by atoms with Gasteiger partial charge in [0, 0.05) is 6.20 Å². The Balaban J connectivity index is 2.26. The van der Waals surface area contributed by atoms with Crippen LogP contribution in [0.25, 0.3) is 0 Å². The fourth-order valence-electron chi connectivity index (χ4n) is 2.31. The van der Waals surface area contributed by atoms with E-state index in [0.29, 0.717) is 12.1 Å². The Morgan fingerprint density at radius 2 is 1.95 bits per heavy atom. The Labute approximate surface area is 112 Å². The lowest BCUT2D eigenvalue weighted by molar-refractivity contribution is 0.494. The molecular formula is C15H18FN3. The smallest absolute Gasteiger partial charge is 0.146 e. The number of halogens is 1. The summed E-state index contributed by atoms with van der Waals surface area (Å²) in [7, 11) is 0. The van der Waals surface area contributed by atoms with Crippen molar-refractivity contribution in [3.05, 3.63) is 64.7 Å². The average Bonchev–Trinajstić information content (AvgIpc) is 2.36. The van der Waals surface area contributed by atoms with E-state index >= 15 is 0 Å². The maximum atomic E-state index is 13.7. The average molecular weight is 259 g/mol. The first-order valence-electron chi connectivity index (χ1n) is 6.24. The summed E-state index contributed by atoms with van der Waals surface area (Å²) in [5.41, 5.74) is 6.49. The van der Waals surface area contributed by atoms with Crippen LogP contribution in [0.5, 0.6) is 0 Å². The monoisotopic (exact) mass is 259 g/mol. The largest absolute Gasteiger partial charge is 0.271 e. The number of hydrogen-bond donors (Lipinski definition) is 2. The maximum absolute atomic E-state index is 13.7. The molecule has 0 spiro atoms. The van der Waals surface area contributed by atoms with E-state index < -0.39 is 0 Å². The van der Waals surface area contributed by atoms with Gasteiger partial charge in [-0.2, -0.15) is 0 Å². The highest BCUT2D eigenvalue weighted by Gasteiger charge is 2.16. The van der Waals surface area contributed by atoms with Crippen LogP contribution >= 0.6 is 0 Å². The predicted molar refractivity (Wildman–Crippen MR) is 73.9 cm³/mol. The summed E-state index contributed by atoms with van der Waals surface area (Å²) >= 11 is 0. The highest BCUT2D eigenvalue weighted by molar-refractivity contribution is 5.30. The summed E-state index contributed by atoms with van der Waals surface area (Å²) in [6, 6.07) is 8.91. The first kappa shape index (κ1) is 13.6. The summed E-state index contributed by atoms with van der Waals surface area (Å²) < 4.78 is 13.7. The molecule has 3 N–H and O–H groups in total. The number of benzene rings is 1. The summed E-state index contributed by atoms with van der Waals surface area (Å²) in [5, 5.41) is 0. The van der Waals surface area contributed by atoms with Crippen LogP contribution in [-0.2, 0) is 6.42 Å². The van der Waals surface area contributed by atoms with Crippen LogP contribution in [0, 0.1) is 19.7 Å². The normalized spacial score (nSPS) is 12.4. The standard InChI is InChI=1S/C15H18FN3/c1-10-6-11(2)8-12(7-10)9-14(19-17)15-13(16)4-3-5-18-15/h3-8,14,19H,9,17H2,1-2H3. The molecule has 19 heavy (non-hydrogen) atoms. The molecular weight excluding hydrogens is 241 g/mol. The van der Waals surface area contributed by atoms with Crippen LogP contribution in [0.4, 0.5) is 4.39 Å². The molecule has 0 radical (unpaired) electrons. The summed E-state index contributed by atoms with van der Waals surface area (Å²) in [5.74, 6) is 5.20. The number of aryl methyl sites for hydroxylation is 2. The molecule has 100 valence electrons. The van der Waals surface area contributed by atoms with Gasteiger partial charge in [0.25, 0.3) is 0 Å². The number of pyridine rings is 1. The molecule has 0 aliphatic rings. The van der Waals surface area contributed by atoms with E-state index in [1.807, 2.05) is 13.8 Å². The van der Waals surface area contributed by atoms with Gasteiger partial charge in [-0.1, -0.05) is 29.3 Å². The van der Waals surface area contributed by atoms with Crippen molar-refractivity contribution < 1.29 is 4.39 Å². The zero-order valence-corrected chi connectivity index (χ0v) is 11.2. The quantitative estimate of drug-likeness (QED) is 0.655. The molecule has 1 heterocycles. The second-order valence-electron chi connectivity index (χ2n) is 4.79. The number of aromatic nitrogens is 1. The van der Waals surface area contributed by atoms with Crippen molar-refractivity contribution in [2.24, 2.45) is 5.84 Å². The van der Waals surface area contributed by atoms with Gasteiger partial charge in [-0.05, 0) is 38.0 Å². The lowest BCUT2D eigenvalue weighted by Crippen LogP contribution is -2.31. The van der Waals surface area contributed by atoms with Gasteiger partial charge < -0.3 is 0 Å². The summed E-state index contributed by atoms with van der Waals surface area (Å²) in [6.45, 7) is 4.09. The second kappa shape index (κ2) is 5.91. The number of hydrazine groups is 1. The minimum atomic E-state index is -0.338. The van der Waals surface area contributed by atoms with E-state index in [9.17, 15) is 4.39 Å². The summed E-state index contributed by atoms with van der Waals surface area (Å²) in [6.07, 6.45) is 2.18. The Bertz CT molecular complexity index is 549. The van der Waals surface area contributed by atoms with Gasteiger partial charge in [-0.3, -0.25) is 16.3 Å². The molecule has 1 aromatic carbocycles. The highest BCUT2D eigenvalue weighted by atomic mass is 19.1. The zero-order chi connectivity index (χ0) is 13.8. The van der Waals surface area contributed by atoms with Crippen LogP contribution in [-0.4, -0.2) is 4.98 Å². The van der Waals surface area contributed by atoms with Crippen LogP contribution in [0.3, 0.4) is 0 Å². The third kappa shape index (κ3) is 3.36. The van der Waals surface area contributed by atoms with E-state index in [4.69, 9.17) is 5.84 Å². The highest BCUT2D eigenvalue weighted by Crippen LogP contribution is 2.20. The molecule has 2 aromatic rings. The number of rotatable bonds is 4. The van der Waals surface area contributed by atoms with Crippen molar-refractivity contribution in [2.45, 2.75) is 26.3 Å². The molecule has 0 aliphatic heterocycles. The fraction of sp³-hybridized carbons (Fsp3) is 0.267. The predicted octanol–water partition coefficient (Wildman–Crippen LogP) is 2.58. The molecule has 0 bridgehead atoms. The van der Waals surface area contributed by atoms with Gasteiger partial charge in [0.15, 0.2) is 0 Å². The van der Waals surface area contributed by atoms with E-state index in [2.05, 4.69) is 28.6 Å². The van der Waals surface area contributed by atoms with Gasteiger partial charge >= 0.3 is 0 Å². The number of nitrogens with two attached hydrogens (primary N) is 1. The van der Waals surface area contributed by atoms with Crippen LogP contribution < -0.4 is 11.3 Å². The topological polar surface area (TPSA) is 50.9 Å². The van der Waals surface area contributed by atoms with E-state index in [1.54, 1.807) is 12.3 Å². The van der Waals surface area contributed by atoms with Crippen molar-refractivity contribution in [1.29, 1.82) is 0 Å². The van der Waals surface area contributed by atoms with Gasteiger partial charge in [-0.15, -0.1) is 0 Å². The SMILES string of the molecule is Cc1cc(C)cc(CC(NN)c2ncccc2F)c1. The Kier molecular flexibility index (Phi) is 4.24. The Morgan fingerprint density at radius 1 is 1.26 bits per heavy atom. The van der Waals surface area contributed by atoms with Gasteiger partial charge in [0.1, 0.15) is 5.82 Å². The van der Waals surface area contributed by atoms with Crippen molar-refractivity contribution in [3.63, 3.8) is 0 Å². The molecule has 2 rings (SSSR count). The fourth-order valence-corrected chi connectivity index (χ4v) is 2.31. The molecule has 0 saturated heterocycles. The first-order valence-corrected chi connectivity index (χ1v) is 6.24. The molecule has 0 amide bonds. The third-order valence-electron chi connectivity index (χ3n) is 3.04. The van der Waals surface area contributed by atoms with Gasteiger partial charge in [0.05, 0.1) is 11.7 Å². The molecule has 1 aromatic heterocycles. The van der Waals surface area contributed by atoms with Crippen LogP contribution in [0.15, 0.2) is 36.5 Å². The van der Waals surface area contributed by atoms with E-state index in [-0.39, 0.29) is 11.9 Å². The molecule has 3 nitrogen and oxygen atoms in total. The van der Waals surface area contributed by atoms with Crippen LogP contribution in [0.1, 0.15) is 28.4 Å². The second-order valence-corrected chi connectivity index (χ2v) is 4.79. The number of nitrogens with one attached hydrogen (secondary N) is 1. The molecule has 1 unspecified atom stereocenters. The maximum Gasteiger partial charge on any atom is 0.146 e. The van der Waals surface area contributed by atoms with E-state index in [0.717, 1.165) is 5.56 Å². The third-order valence-corrected chi connectivity index (χ3v) is 3.04. The van der Waals surface area contributed by atoms with Crippen molar-refractivity contribution in [2.75, 3.05) is 0 Å². The molecule has 0 aliphatic carbocycles. The van der Waals surface area contributed by atoms with Gasteiger partial charge in [0.2, 0.25) is 0 Å². The number of nitrogens with zero attached hydrogens (tertiary/aromatic N) is 1. The minimum Gasteiger partial charge on any atom is -0.271 e. The molecule has 1 atom stereocenters. The molecule has 0 saturated carbocycles. The van der Waals surface area contributed by atoms with Gasteiger partial charge in [-0.25, -0.2) is 4.39 Å². The lowest BCUT2D eigenvalue weighted by Gasteiger charge is -2.16.